The number of anilines is 1. The molecule has 0 fully saturated rings. The molecule has 0 aliphatic heterocycles. The zero-order chi connectivity index (χ0) is 18.8. The molecular weight excluding hydrogens is 459 g/mol. The third-order valence-corrected chi connectivity index (χ3v) is 3.70. The summed E-state index contributed by atoms with van der Waals surface area (Å²) < 4.78 is 2.00. The number of pyridine rings is 1. The van der Waals surface area contributed by atoms with Gasteiger partial charge in [0.15, 0.2) is 5.96 Å². The third kappa shape index (κ3) is 7.89. The van der Waals surface area contributed by atoms with Crippen molar-refractivity contribution in [2.45, 2.75) is 33.2 Å². The van der Waals surface area contributed by atoms with Crippen molar-refractivity contribution < 1.29 is 4.79 Å². The molecule has 0 atom stereocenters. The Morgan fingerprint density at radius 1 is 1.26 bits per heavy atom. The highest BCUT2D eigenvalue weighted by Gasteiger charge is 2.05. The fourth-order valence-corrected chi connectivity index (χ4v) is 2.30. The molecule has 0 bridgehead atoms. The number of guanidine groups is 1. The van der Waals surface area contributed by atoms with Crippen LogP contribution in [0.1, 0.15) is 24.7 Å². The van der Waals surface area contributed by atoms with Gasteiger partial charge in [-0.2, -0.15) is 0 Å². The van der Waals surface area contributed by atoms with E-state index in [-0.39, 0.29) is 29.9 Å². The first kappa shape index (κ1) is 22.8. The number of carbonyl (C=O) groups excluding carboxylic acids is 1. The third-order valence-electron chi connectivity index (χ3n) is 3.70. The number of hydrogen-bond donors (Lipinski definition) is 3. The Morgan fingerprint density at radius 2 is 2.04 bits per heavy atom. The van der Waals surface area contributed by atoms with Crippen LogP contribution in [0.4, 0.5) is 5.82 Å². The van der Waals surface area contributed by atoms with E-state index in [0.717, 1.165) is 24.4 Å². The van der Waals surface area contributed by atoms with Crippen LogP contribution in [0.15, 0.2) is 29.6 Å². The van der Waals surface area contributed by atoms with Crippen LogP contribution in [-0.4, -0.2) is 51.8 Å². The van der Waals surface area contributed by atoms with E-state index in [0.29, 0.717) is 31.3 Å². The van der Waals surface area contributed by atoms with Crippen molar-refractivity contribution in [1.29, 1.82) is 0 Å². The van der Waals surface area contributed by atoms with E-state index in [1.807, 2.05) is 24.5 Å². The van der Waals surface area contributed by atoms with E-state index in [9.17, 15) is 4.79 Å². The van der Waals surface area contributed by atoms with Gasteiger partial charge >= 0.3 is 0 Å². The van der Waals surface area contributed by atoms with Gasteiger partial charge in [-0.05, 0) is 18.6 Å². The zero-order valence-electron chi connectivity index (χ0n) is 15.9. The first-order chi connectivity index (χ1) is 12.6. The van der Waals surface area contributed by atoms with Gasteiger partial charge in [-0.15, -0.1) is 34.2 Å². The highest BCUT2D eigenvalue weighted by Crippen LogP contribution is 2.03. The Morgan fingerprint density at radius 3 is 2.70 bits per heavy atom. The standard InChI is InChI=1S/C17H26N8O.HI/c1-4-15-24-22-12-25(15)10-9-20-17(18-3)19-8-7-16(26)23-14-6-5-13(2)11-21-14;/h5-6,11-12H,4,7-10H2,1-3H3,(H2,18,19,20)(H,21,23,26);1H. The molecule has 27 heavy (non-hydrogen) atoms. The van der Waals surface area contributed by atoms with Crippen LogP contribution < -0.4 is 16.0 Å². The molecule has 3 N–H and O–H groups in total. The average Bonchev–Trinajstić information content (AvgIpc) is 3.10. The van der Waals surface area contributed by atoms with Gasteiger partial charge in [0.1, 0.15) is 18.0 Å². The van der Waals surface area contributed by atoms with Crippen molar-refractivity contribution in [1.82, 2.24) is 30.4 Å². The van der Waals surface area contributed by atoms with Gasteiger partial charge in [0, 0.05) is 45.7 Å². The van der Waals surface area contributed by atoms with Crippen molar-refractivity contribution in [3.63, 3.8) is 0 Å². The summed E-state index contributed by atoms with van der Waals surface area (Å²) in [7, 11) is 1.70. The lowest BCUT2D eigenvalue weighted by molar-refractivity contribution is -0.116. The maximum absolute atomic E-state index is 11.9. The maximum Gasteiger partial charge on any atom is 0.227 e. The zero-order valence-corrected chi connectivity index (χ0v) is 18.2. The second-order valence-corrected chi connectivity index (χ2v) is 5.74. The molecule has 10 heteroatoms. The fraction of sp³-hybridized carbons (Fsp3) is 0.471. The van der Waals surface area contributed by atoms with Gasteiger partial charge in [-0.25, -0.2) is 4.98 Å². The molecule has 2 aromatic rings. The number of carbonyl (C=O) groups is 1. The van der Waals surface area contributed by atoms with Crippen LogP contribution in [0.5, 0.6) is 0 Å². The maximum atomic E-state index is 11.9. The molecule has 2 heterocycles. The number of hydrogen-bond acceptors (Lipinski definition) is 5. The highest BCUT2D eigenvalue weighted by atomic mass is 127. The molecule has 2 aromatic heterocycles. The smallest absolute Gasteiger partial charge is 0.227 e. The summed E-state index contributed by atoms with van der Waals surface area (Å²) in [6, 6.07) is 3.70. The Labute approximate surface area is 176 Å². The first-order valence-electron chi connectivity index (χ1n) is 8.66. The van der Waals surface area contributed by atoms with E-state index in [2.05, 4.69) is 36.1 Å². The summed E-state index contributed by atoms with van der Waals surface area (Å²) in [5.74, 6) is 2.07. The van der Waals surface area contributed by atoms with Crippen LogP contribution in [0, 0.1) is 6.92 Å². The summed E-state index contributed by atoms with van der Waals surface area (Å²) in [4.78, 5) is 20.2. The molecule has 0 aliphatic carbocycles. The fourth-order valence-electron chi connectivity index (χ4n) is 2.30. The van der Waals surface area contributed by atoms with E-state index < -0.39 is 0 Å². The van der Waals surface area contributed by atoms with Crippen LogP contribution in [-0.2, 0) is 17.8 Å². The number of nitrogens with one attached hydrogen (secondary N) is 3. The molecule has 1 amide bonds. The van der Waals surface area contributed by atoms with E-state index in [4.69, 9.17) is 0 Å². The molecule has 0 aromatic carbocycles. The second-order valence-electron chi connectivity index (χ2n) is 5.74. The minimum absolute atomic E-state index is 0. The molecule has 0 spiro atoms. The van der Waals surface area contributed by atoms with Gasteiger partial charge in [0.05, 0.1) is 0 Å². The van der Waals surface area contributed by atoms with Crippen molar-refractivity contribution in [2.75, 3.05) is 25.5 Å². The minimum Gasteiger partial charge on any atom is -0.356 e. The van der Waals surface area contributed by atoms with Gasteiger partial charge in [0.25, 0.3) is 0 Å². The molecule has 9 nitrogen and oxygen atoms in total. The Hall–Kier alpha value is -2.24. The molecule has 148 valence electrons. The van der Waals surface area contributed by atoms with Crippen molar-refractivity contribution >= 4 is 41.7 Å². The van der Waals surface area contributed by atoms with Crippen molar-refractivity contribution in [3.05, 3.63) is 36.0 Å². The molecule has 2 rings (SSSR count). The number of amides is 1. The Kier molecular flexibility index (Phi) is 10.3. The lowest BCUT2D eigenvalue weighted by Crippen LogP contribution is -2.40. The van der Waals surface area contributed by atoms with Gasteiger partial charge in [-0.1, -0.05) is 13.0 Å². The second kappa shape index (κ2) is 12.2. The topological polar surface area (TPSA) is 109 Å². The number of halogens is 1. The number of aryl methyl sites for hydroxylation is 2. The van der Waals surface area contributed by atoms with Crippen LogP contribution in [0.25, 0.3) is 0 Å². The quantitative estimate of drug-likeness (QED) is 0.296. The Balaban J connectivity index is 0.00000364. The molecule has 0 radical (unpaired) electrons. The summed E-state index contributed by atoms with van der Waals surface area (Å²) >= 11 is 0. The van der Waals surface area contributed by atoms with Gasteiger partial charge in [0.2, 0.25) is 5.91 Å². The summed E-state index contributed by atoms with van der Waals surface area (Å²) in [5.41, 5.74) is 1.05. The summed E-state index contributed by atoms with van der Waals surface area (Å²) in [6.45, 7) is 5.91. The van der Waals surface area contributed by atoms with E-state index in [1.165, 1.54) is 0 Å². The largest absolute Gasteiger partial charge is 0.356 e. The number of nitrogens with zero attached hydrogens (tertiary/aromatic N) is 5. The molecule has 0 unspecified atom stereocenters. The van der Waals surface area contributed by atoms with Crippen molar-refractivity contribution in [2.24, 2.45) is 4.99 Å². The number of rotatable bonds is 8. The molecule has 0 aliphatic rings. The van der Waals surface area contributed by atoms with Crippen LogP contribution in [0.2, 0.25) is 0 Å². The monoisotopic (exact) mass is 486 g/mol. The predicted octanol–water partition coefficient (Wildman–Crippen LogP) is 1.36. The SMILES string of the molecule is CCc1nncn1CCNC(=NC)NCCC(=O)Nc1ccc(C)cn1.I. The van der Waals surface area contributed by atoms with Gasteiger partial charge < -0.3 is 20.5 Å². The highest BCUT2D eigenvalue weighted by molar-refractivity contribution is 14.0. The lowest BCUT2D eigenvalue weighted by atomic mass is 10.3. The minimum atomic E-state index is -0.0959. The van der Waals surface area contributed by atoms with E-state index >= 15 is 0 Å². The van der Waals surface area contributed by atoms with E-state index in [1.54, 1.807) is 25.6 Å². The molecule has 0 saturated heterocycles. The van der Waals surface area contributed by atoms with Gasteiger partial charge in [-0.3, -0.25) is 9.79 Å². The predicted molar refractivity (Wildman–Crippen MR) is 116 cm³/mol. The summed E-state index contributed by atoms with van der Waals surface area (Å²) in [6.07, 6.45) is 4.61. The normalized spacial score (nSPS) is 10.9. The lowest BCUT2D eigenvalue weighted by Gasteiger charge is -2.12. The van der Waals surface area contributed by atoms with Crippen LogP contribution >= 0.6 is 24.0 Å². The molecular formula is C17H27IN8O. The number of aromatic nitrogens is 4. The van der Waals surface area contributed by atoms with Crippen LogP contribution in [0.3, 0.4) is 0 Å². The first-order valence-corrected chi connectivity index (χ1v) is 8.66. The number of aliphatic imine (C=N–C) groups is 1. The molecule has 0 saturated carbocycles. The average molecular weight is 486 g/mol. The Bertz CT molecular complexity index is 729. The summed E-state index contributed by atoms with van der Waals surface area (Å²) in [5, 5.41) is 17.1. The van der Waals surface area contributed by atoms with Crippen molar-refractivity contribution in [3.8, 4) is 0 Å².